The highest BCUT2D eigenvalue weighted by molar-refractivity contribution is 7.89. The van der Waals surface area contributed by atoms with Gasteiger partial charge in [-0.05, 0) is 48.5 Å². The number of esters is 1. The van der Waals surface area contributed by atoms with Gasteiger partial charge in [0.1, 0.15) is 17.3 Å². The van der Waals surface area contributed by atoms with Crippen LogP contribution in [0, 0.1) is 11.3 Å². The third-order valence-electron chi connectivity index (χ3n) is 3.59. The number of carbonyl (C=O) groups excluding carboxylic acids is 1. The van der Waals surface area contributed by atoms with Gasteiger partial charge in [-0.3, -0.25) is 0 Å². The lowest BCUT2D eigenvalue weighted by molar-refractivity contribution is -0.138. The highest BCUT2D eigenvalue weighted by Gasteiger charge is 2.17. The van der Waals surface area contributed by atoms with E-state index >= 15 is 0 Å². The molecule has 0 bridgehead atoms. The van der Waals surface area contributed by atoms with E-state index in [1.54, 1.807) is 30.3 Å². The molecule has 0 aliphatic rings. The number of nitrogens with one attached hydrogen (secondary N) is 1. The predicted octanol–water partition coefficient (Wildman–Crippen LogP) is 2.23. The number of nitrogens with zero attached hydrogens (tertiary/aromatic N) is 1. The maximum Gasteiger partial charge on any atom is 0.331 e. The van der Waals surface area contributed by atoms with Crippen LogP contribution in [-0.4, -0.2) is 28.5 Å². The molecule has 140 valence electrons. The van der Waals surface area contributed by atoms with Gasteiger partial charge in [0.15, 0.2) is 0 Å². The molecule has 0 unspecified atom stereocenters. The van der Waals surface area contributed by atoms with Crippen LogP contribution < -0.4 is 9.46 Å². The third kappa shape index (κ3) is 5.41. The van der Waals surface area contributed by atoms with Gasteiger partial charge in [0.05, 0.1) is 18.7 Å². The second-order valence-electron chi connectivity index (χ2n) is 5.37. The van der Waals surface area contributed by atoms with Gasteiger partial charge in [0.25, 0.3) is 0 Å². The molecule has 0 heterocycles. The molecule has 1 N–H and O–H groups in total. The Hall–Kier alpha value is -3.15. The minimum atomic E-state index is -3.71. The molecule has 27 heavy (non-hydrogen) atoms. The van der Waals surface area contributed by atoms with Gasteiger partial charge in [-0.25, -0.2) is 17.9 Å². The van der Waals surface area contributed by atoms with E-state index in [1.807, 2.05) is 6.07 Å². The second kappa shape index (κ2) is 8.98. The fourth-order valence-electron chi connectivity index (χ4n) is 2.21. The molecule has 0 aliphatic carbocycles. The van der Waals surface area contributed by atoms with Crippen LogP contribution in [-0.2, 0) is 26.2 Å². The molecule has 0 amide bonds. The van der Waals surface area contributed by atoms with Gasteiger partial charge in [0.2, 0.25) is 10.0 Å². The Labute approximate surface area is 157 Å². The molecular weight excluding hydrogens is 368 g/mol. The Balaban J connectivity index is 2.09. The van der Waals surface area contributed by atoms with E-state index in [9.17, 15) is 13.2 Å². The maximum absolute atomic E-state index is 12.1. The SMILES string of the molecule is CNS(=O)(=O)c1cc(/C=C/C(=O)OCc2cccc(C#N)c2)ccc1OC. The number of hydrogen-bond donors (Lipinski definition) is 1. The number of sulfonamides is 1. The van der Waals surface area contributed by atoms with Crippen LogP contribution in [0.4, 0.5) is 0 Å². The van der Waals surface area contributed by atoms with Crippen LogP contribution in [0.15, 0.2) is 53.4 Å². The molecule has 2 rings (SSSR count). The Morgan fingerprint density at radius 3 is 2.70 bits per heavy atom. The first-order valence-corrected chi connectivity index (χ1v) is 9.33. The summed E-state index contributed by atoms with van der Waals surface area (Å²) in [7, 11) is -1.03. The van der Waals surface area contributed by atoms with Gasteiger partial charge in [-0.15, -0.1) is 0 Å². The molecule has 0 atom stereocenters. The topological polar surface area (TPSA) is 105 Å². The minimum Gasteiger partial charge on any atom is -0.495 e. The number of ether oxygens (including phenoxy) is 2. The average molecular weight is 386 g/mol. The summed E-state index contributed by atoms with van der Waals surface area (Å²) in [4.78, 5) is 11.8. The third-order valence-corrected chi connectivity index (χ3v) is 5.03. The molecule has 0 saturated heterocycles. The largest absolute Gasteiger partial charge is 0.495 e. The first-order valence-electron chi connectivity index (χ1n) is 7.85. The van der Waals surface area contributed by atoms with Crippen molar-refractivity contribution >= 4 is 22.1 Å². The summed E-state index contributed by atoms with van der Waals surface area (Å²) in [5, 5.41) is 8.86. The van der Waals surface area contributed by atoms with E-state index in [4.69, 9.17) is 14.7 Å². The Morgan fingerprint density at radius 1 is 1.26 bits per heavy atom. The van der Waals surface area contributed by atoms with Crippen molar-refractivity contribution in [1.29, 1.82) is 5.26 Å². The molecule has 2 aromatic carbocycles. The summed E-state index contributed by atoms with van der Waals surface area (Å²) in [6.45, 7) is 0.0285. The summed E-state index contributed by atoms with van der Waals surface area (Å²) in [5.74, 6) is -0.396. The molecular formula is C19H18N2O5S. The second-order valence-corrected chi connectivity index (χ2v) is 7.23. The fourth-order valence-corrected chi connectivity index (χ4v) is 3.14. The molecule has 0 aromatic heterocycles. The van der Waals surface area contributed by atoms with Crippen molar-refractivity contribution in [2.45, 2.75) is 11.5 Å². The monoisotopic (exact) mass is 386 g/mol. The maximum atomic E-state index is 12.1. The highest BCUT2D eigenvalue weighted by Crippen LogP contribution is 2.25. The average Bonchev–Trinajstić information content (AvgIpc) is 2.70. The van der Waals surface area contributed by atoms with E-state index in [-0.39, 0.29) is 17.3 Å². The van der Waals surface area contributed by atoms with Crippen molar-refractivity contribution in [3.8, 4) is 11.8 Å². The van der Waals surface area contributed by atoms with Crippen LogP contribution in [0.25, 0.3) is 6.08 Å². The first kappa shape index (κ1) is 20.2. The molecule has 2 aromatic rings. The molecule has 8 heteroatoms. The molecule has 0 saturated carbocycles. The van der Waals surface area contributed by atoms with Gasteiger partial charge >= 0.3 is 5.97 Å². The number of carbonyl (C=O) groups is 1. The summed E-state index contributed by atoms with van der Waals surface area (Å²) in [6, 6.07) is 13.3. The number of benzene rings is 2. The van der Waals surface area contributed by atoms with Crippen LogP contribution in [0.3, 0.4) is 0 Å². The van der Waals surface area contributed by atoms with E-state index < -0.39 is 16.0 Å². The lowest BCUT2D eigenvalue weighted by Gasteiger charge is -2.09. The fraction of sp³-hybridized carbons (Fsp3) is 0.158. The van der Waals surface area contributed by atoms with Crippen molar-refractivity contribution in [2.24, 2.45) is 0 Å². The molecule has 0 fully saturated rings. The molecule has 7 nitrogen and oxygen atoms in total. The van der Waals surface area contributed by atoms with Gasteiger partial charge < -0.3 is 9.47 Å². The van der Waals surface area contributed by atoms with Crippen LogP contribution >= 0.6 is 0 Å². The van der Waals surface area contributed by atoms with Crippen molar-refractivity contribution in [2.75, 3.05) is 14.2 Å². The van der Waals surface area contributed by atoms with E-state index in [1.165, 1.54) is 38.4 Å². The summed E-state index contributed by atoms with van der Waals surface area (Å²) >= 11 is 0. The Bertz CT molecular complexity index is 1010. The lowest BCUT2D eigenvalue weighted by Crippen LogP contribution is -2.19. The van der Waals surface area contributed by atoms with Crippen LogP contribution in [0.2, 0.25) is 0 Å². The summed E-state index contributed by atoms with van der Waals surface area (Å²) in [6.07, 6.45) is 2.65. The van der Waals surface area contributed by atoms with Gasteiger partial charge in [-0.2, -0.15) is 5.26 Å². The Morgan fingerprint density at radius 2 is 2.04 bits per heavy atom. The number of hydrogen-bond acceptors (Lipinski definition) is 6. The minimum absolute atomic E-state index is 0.0285. The molecule has 0 radical (unpaired) electrons. The van der Waals surface area contributed by atoms with Crippen LogP contribution in [0.5, 0.6) is 5.75 Å². The quantitative estimate of drug-likeness (QED) is 0.578. The number of nitriles is 1. The van der Waals surface area contributed by atoms with Crippen molar-refractivity contribution in [3.63, 3.8) is 0 Å². The first-order chi connectivity index (χ1) is 12.9. The normalized spacial score (nSPS) is 11.1. The van der Waals surface area contributed by atoms with Gasteiger partial charge in [-0.1, -0.05) is 18.2 Å². The number of rotatable bonds is 7. The van der Waals surface area contributed by atoms with Crippen molar-refractivity contribution in [3.05, 3.63) is 65.2 Å². The van der Waals surface area contributed by atoms with Crippen LogP contribution in [0.1, 0.15) is 16.7 Å². The van der Waals surface area contributed by atoms with Crippen molar-refractivity contribution in [1.82, 2.24) is 4.72 Å². The molecule has 0 aliphatic heterocycles. The number of methoxy groups -OCH3 is 1. The highest BCUT2D eigenvalue weighted by atomic mass is 32.2. The smallest absolute Gasteiger partial charge is 0.331 e. The zero-order chi connectivity index (χ0) is 19.9. The summed E-state index contributed by atoms with van der Waals surface area (Å²) in [5.41, 5.74) is 1.67. The lowest BCUT2D eigenvalue weighted by atomic mass is 10.1. The summed E-state index contributed by atoms with van der Waals surface area (Å²) < 4.78 is 36.5. The Kier molecular flexibility index (Phi) is 6.71. The van der Waals surface area contributed by atoms with E-state index in [0.29, 0.717) is 16.7 Å². The molecule has 0 spiro atoms. The zero-order valence-electron chi connectivity index (χ0n) is 14.8. The van der Waals surface area contributed by atoms with E-state index in [2.05, 4.69) is 4.72 Å². The van der Waals surface area contributed by atoms with E-state index in [0.717, 1.165) is 0 Å². The predicted molar refractivity (Wildman–Crippen MR) is 99.2 cm³/mol. The van der Waals surface area contributed by atoms with Crippen molar-refractivity contribution < 1.29 is 22.7 Å². The standard InChI is InChI=1S/C19H18N2O5S/c1-21-27(23,24)18-11-14(6-8-17(18)25-2)7-9-19(22)26-13-16-5-3-4-15(10-16)12-20/h3-11,21H,13H2,1-2H3/b9-7+. The van der Waals surface area contributed by atoms with Gasteiger partial charge in [0, 0.05) is 6.08 Å². The zero-order valence-corrected chi connectivity index (χ0v) is 15.6.